The Balaban J connectivity index is 3.02. The van der Waals surface area contributed by atoms with E-state index in [1.54, 1.807) is 6.07 Å². The van der Waals surface area contributed by atoms with Crippen molar-refractivity contribution in [3.63, 3.8) is 0 Å². The van der Waals surface area contributed by atoms with Gasteiger partial charge in [0.1, 0.15) is 6.07 Å². The van der Waals surface area contributed by atoms with Gasteiger partial charge >= 0.3 is 0 Å². The van der Waals surface area contributed by atoms with Gasteiger partial charge in [-0.2, -0.15) is 5.26 Å². The van der Waals surface area contributed by atoms with Crippen molar-refractivity contribution in [1.82, 2.24) is 0 Å². The molecule has 1 aromatic carbocycles. The molecular formula is C12H17N3. The van der Waals surface area contributed by atoms with E-state index in [-0.39, 0.29) is 0 Å². The van der Waals surface area contributed by atoms with Crippen molar-refractivity contribution < 1.29 is 0 Å². The highest BCUT2D eigenvalue weighted by molar-refractivity contribution is 5.62. The third-order valence-electron chi connectivity index (χ3n) is 2.82. The van der Waals surface area contributed by atoms with Gasteiger partial charge in [-0.15, -0.1) is 0 Å². The van der Waals surface area contributed by atoms with Crippen LogP contribution in [0.1, 0.15) is 25.8 Å². The highest BCUT2D eigenvalue weighted by Crippen LogP contribution is 2.21. The molecule has 3 heteroatoms. The zero-order valence-corrected chi connectivity index (χ0v) is 9.49. The minimum Gasteiger partial charge on any atom is -0.398 e. The second-order valence-electron chi connectivity index (χ2n) is 3.75. The van der Waals surface area contributed by atoms with Crippen LogP contribution in [0.5, 0.6) is 0 Å². The average Bonchev–Trinajstić information content (AvgIpc) is 2.27. The fraction of sp³-hybridized carbons (Fsp3) is 0.417. The lowest BCUT2D eigenvalue weighted by Gasteiger charge is -2.26. The molecule has 3 nitrogen and oxygen atoms in total. The minimum absolute atomic E-state index is 0.458. The van der Waals surface area contributed by atoms with Crippen LogP contribution in [0.4, 0.5) is 11.4 Å². The number of nitrogens with zero attached hydrogens (tertiary/aromatic N) is 2. The summed E-state index contributed by atoms with van der Waals surface area (Å²) in [5, 5.41) is 8.87. The van der Waals surface area contributed by atoms with Gasteiger partial charge in [0.25, 0.3) is 0 Å². The zero-order chi connectivity index (χ0) is 11.4. The van der Waals surface area contributed by atoms with E-state index in [9.17, 15) is 0 Å². The van der Waals surface area contributed by atoms with Crippen molar-refractivity contribution in [1.29, 1.82) is 5.26 Å². The van der Waals surface area contributed by atoms with Gasteiger partial charge in [0, 0.05) is 24.5 Å². The normalized spacial score (nSPS) is 11.9. The third-order valence-corrected chi connectivity index (χ3v) is 2.82. The van der Waals surface area contributed by atoms with E-state index < -0.39 is 0 Å². The summed E-state index contributed by atoms with van der Waals surface area (Å²) in [6.45, 7) is 4.30. The van der Waals surface area contributed by atoms with Crippen molar-refractivity contribution in [3.8, 4) is 6.07 Å². The summed E-state index contributed by atoms with van der Waals surface area (Å²) >= 11 is 0. The van der Waals surface area contributed by atoms with Gasteiger partial charge < -0.3 is 10.6 Å². The van der Waals surface area contributed by atoms with Gasteiger partial charge in [-0.3, -0.25) is 0 Å². The second-order valence-corrected chi connectivity index (χ2v) is 3.75. The molecule has 0 aliphatic rings. The first kappa shape index (κ1) is 11.4. The Morgan fingerprint density at radius 1 is 1.53 bits per heavy atom. The van der Waals surface area contributed by atoms with Crippen LogP contribution in [0.3, 0.4) is 0 Å². The van der Waals surface area contributed by atoms with Gasteiger partial charge in [-0.05, 0) is 31.5 Å². The largest absolute Gasteiger partial charge is 0.398 e. The maximum atomic E-state index is 8.87. The monoisotopic (exact) mass is 203 g/mol. The lowest BCUT2D eigenvalue weighted by atomic mass is 10.1. The first-order valence-electron chi connectivity index (χ1n) is 5.12. The zero-order valence-electron chi connectivity index (χ0n) is 9.49. The SMILES string of the molecule is CCC(C)N(C)c1ccc(N)c(C#N)c1. The summed E-state index contributed by atoms with van der Waals surface area (Å²) in [5.41, 5.74) is 7.79. The van der Waals surface area contributed by atoms with Gasteiger partial charge in [0.05, 0.1) is 5.56 Å². The van der Waals surface area contributed by atoms with E-state index in [1.807, 2.05) is 19.2 Å². The van der Waals surface area contributed by atoms with Crippen LogP contribution in [0.15, 0.2) is 18.2 Å². The molecule has 2 N–H and O–H groups in total. The molecule has 0 spiro atoms. The molecule has 0 saturated carbocycles. The lowest BCUT2D eigenvalue weighted by Crippen LogP contribution is -2.27. The molecule has 1 atom stereocenters. The molecule has 1 unspecified atom stereocenters. The standard InChI is InChI=1S/C12H17N3/c1-4-9(2)15(3)11-5-6-12(14)10(7-11)8-13/h5-7,9H,4,14H2,1-3H3. The molecular weight excluding hydrogens is 186 g/mol. The molecule has 15 heavy (non-hydrogen) atoms. The van der Waals surface area contributed by atoms with Crippen molar-refractivity contribution in [2.45, 2.75) is 26.3 Å². The first-order valence-corrected chi connectivity index (χ1v) is 5.12. The fourth-order valence-corrected chi connectivity index (χ4v) is 1.39. The van der Waals surface area contributed by atoms with E-state index in [2.05, 4.69) is 24.8 Å². The molecule has 1 aromatic rings. The van der Waals surface area contributed by atoms with Gasteiger partial charge in [0.2, 0.25) is 0 Å². The summed E-state index contributed by atoms with van der Waals surface area (Å²) in [6.07, 6.45) is 1.07. The predicted molar refractivity (Wildman–Crippen MR) is 63.7 cm³/mol. The highest BCUT2D eigenvalue weighted by atomic mass is 15.1. The van der Waals surface area contributed by atoms with Gasteiger partial charge in [-0.1, -0.05) is 6.92 Å². The summed E-state index contributed by atoms with van der Waals surface area (Å²) in [5.74, 6) is 0. The Labute approximate surface area is 91.1 Å². The third kappa shape index (κ3) is 2.41. The van der Waals surface area contributed by atoms with Gasteiger partial charge in [-0.25, -0.2) is 0 Å². The van der Waals surface area contributed by atoms with Crippen LogP contribution in [-0.4, -0.2) is 13.1 Å². The Morgan fingerprint density at radius 2 is 2.20 bits per heavy atom. The van der Waals surface area contributed by atoms with E-state index in [1.165, 1.54) is 0 Å². The Morgan fingerprint density at radius 3 is 2.73 bits per heavy atom. The number of nitrogens with two attached hydrogens (primary N) is 1. The molecule has 0 aliphatic carbocycles. The van der Waals surface area contributed by atoms with Crippen LogP contribution < -0.4 is 10.6 Å². The number of hydrogen-bond donors (Lipinski definition) is 1. The lowest BCUT2D eigenvalue weighted by molar-refractivity contribution is 0.664. The van der Waals surface area contributed by atoms with Crippen molar-refractivity contribution in [3.05, 3.63) is 23.8 Å². The van der Waals surface area contributed by atoms with Gasteiger partial charge in [0.15, 0.2) is 0 Å². The smallest absolute Gasteiger partial charge is 0.101 e. The molecule has 0 aliphatic heterocycles. The minimum atomic E-state index is 0.458. The van der Waals surface area contributed by atoms with Crippen LogP contribution in [0, 0.1) is 11.3 Å². The predicted octanol–water partition coefficient (Wildman–Crippen LogP) is 2.38. The molecule has 1 rings (SSSR count). The molecule has 0 fully saturated rings. The summed E-state index contributed by atoms with van der Waals surface area (Å²) in [4.78, 5) is 2.15. The van der Waals surface area contributed by atoms with E-state index in [0.717, 1.165) is 12.1 Å². The molecule has 80 valence electrons. The summed E-state index contributed by atoms with van der Waals surface area (Å²) in [6, 6.07) is 8.12. The topological polar surface area (TPSA) is 53.0 Å². The van der Waals surface area contributed by atoms with Crippen molar-refractivity contribution in [2.24, 2.45) is 0 Å². The number of rotatable bonds is 3. The fourth-order valence-electron chi connectivity index (χ4n) is 1.39. The Hall–Kier alpha value is -1.69. The van der Waals surface area contributed by atoms with E-state index >= 15 is 0 Å². The van der Waals surface area contributed by atoms with E-state index in [4.69, 9.17) is 11.0 Å². The number of anilines is 2. The number of benzene rings is 1. The van der Waals surface area contributed by atoms with Crippen LogP contribution in [0.2, 0.25) is 0 Å². The van der Waals surface area contributed by atoms with E-state index in [0.29, 0.717) is 17.3 Å². The average molecular weight is 203 g/mol. The molecule has 0 amide bonds. The summed E-state index contributed by atoms with van der Waals surface area (Å²) in [7, 11) is 2.03. The van der Waals surface area contributed by atoms with Crippen LogP contribution >= 0.6 is 0 Å². The second kappa shape index (κ2) is 4.70. The molecule has 0 aromatic heterocycles. The van der Waals surface area contributed by atoms with Crippen LogP contribution in [-0.2, 0) is 0 Å². The highest BCUT2D eigenvalue weighted by Gasteiger charge is 2.09. The van der Waals surface area contributed by atoms with Crippen LogP contribution in [0.25, 0.3) is 0 Å². The number of nitriles is 1. The Bertz CT molecular complexity index is 379. The van der Waals surface area contributed by atoms with Crippen molar-refractivity contribution >= 4 is 11.4 Å². The molecule has 0 bridgehead atoms. The summed E-state index contributed by atoms with van der Waals surface area (Å²) < 4.78 is 0. The Kier molecular flexibility index (Phi) is 3.56. The first-order chi connectivity index (χ1) is 7.10. The molecule has 0 radical (unpaired) electrons. The molecule has 0 heterocycles. The maximum Gasteiger partial charge on any atom is 0.101 e. The molecule has 0 saturated heterocycles. The quantitative estimate of drug-likeness (QED) is 0.767. The maximum absolute atomic E-state index is 8.87. The number of hydrogen-bond acceptors (Lipinski definition) is 3. The van der Waals surface area contributed by atoms with Crippen molar-refractivity contribution in [2.75, 3.05) is 17.7 Å². The number of nitrogen functional groups attached to an aromatic ring is 1.